The van der Waals surface area contributed by atoms with Gasteiger partial charge in [-0.15, -0.1) is 0 Å². The van der Waals surface area contributed by atoms with Crippen molar-refractivity contribution in [3.8, 4) is 0 Å². The van der Waals surface area contributed by atoms with Crippen LogP contribution in [0, 0.1) is 5.92 Å². The van der Waals surface area contributed by atoms with Gasteiger partial charge >= 0.3 is 5.97 Å². The van der Waals surface area contributed by atoms with Crippen molar-refractivity contribution in [2.24, 2.45) is 5.92 Å². The number of carboxylic acid groups (broad SMARTS) is 1. The zero-order valence-electron chi connectivity index (χ0n) is 9.86. The van der Waals surface area contributed by atoms with Crippen LogP contribution in [0.3, 0.4) is 0 Å². The molecule has 0 saturated carbocycles. The maximum atomic E-state index is 10.7. The lowest BCUT2D eigenvalue weighted by Crippen LogP contribution is -2.25. The maximum absolute atomic E-state index is 10.7. The van der Waals surface area contributed by atoms with E-state index < -0.39 is 12.1 Å². The van der Waals surface area contributed by atoms with Crippen molar-refractivity contribution in [1.29, 1.82) is 0 Å². The minimum absolute atomic E-state index is 0.351. The number of rotatable bonds is 9. The summed E-state index contributed by atoms with van der Waals surface area (Å²) in [5, 5.41) is 8.78. The zero-order chi connectivity index (χ0) is 11.7. The van der Waals surface area contributed by atoms with Gasteiger partial charge < -0.3 is 14.6 Å². The van der Waals surface area contributed by atoms with Crippen molar-refractivity contribution >= 4 is 5.97 Å². The number of carboxylic acids is 1. The molecular weight excluding hydrogens is 196 g/mol. The Morgan fingerprint density at radius 2 is 2.00 bits per heavy atom. The lowest BCUT2D eigenvalue weighted by atomic mass is 10.2. The smallest absolute Gasteiger partial charge is 0.332 e. The van der Waals surface area contributed by atoms with E-state index in [0.717, 1.165) is 6.42 Å². The van der Waals surface area contributed by atoms with Crippen LogP contribution in [0.1, 0.15) is 33.6 Å². The van der Waals surface area contributed by atoms with Crippen molar-refractivity contribution in [2.75, 3.05) is 19.8 Å². The molecule has 4 heteroatoms. The van der Waals surface area contributed by atoms with Crippen molar-refractivity contribution in [1.82, 2.24) is 0 Å². The Morgan fingerprint density at radius 1 is 1.33 bits per heavy atom. The van der Waals surface area contributed by atoms with Crippen LogP contribution in [0.25, 0.3) is 0 Å². The molecule has 0 amide bonds. The molecule has 1 atom stereocenters. The van der Waals surface area contributed by atoms with Gasteiger partial charge in [-0.05, 0) is 12.3 Å². The van der Waals surface area contributed by atoms with E-state index in [2.05, 4.69) is 13.8 Å². The molecule has 4 nitrogen and oxygen atoms in total. The molecule has 0 aliphatic rings. The van der Waals surface area contributed by atoms with Gasteiger partial charge in [0.15, 0.2) is 6.10 Å². The van der Waals surface area contributed by atoms with Crippen LogP contribution in [0.4, 0.5) is 0 Å². The molecule has 0 spiro atoms. The highest BCUT2D eigenvalue weighted by Gasteiger charge is 2.16. The molecule has 0 aromatic heterocycles. The van der Waals surface area contributed by atoms with Gasteiger partial charge in [0.25, 0.3) is 0 Å². The molecule has 0 heterocycles. The Labute approximate surface area is 91.6 Å². The summed E-state index contributed by atoms with van der Waals surface area (Å²) in [5.74, 6) is -0.392. The Bertz CT molecular complexity index is 168. The summed E-state index contributed by atoms with van der Waals surface area (Å²) in [5.41, 5.74) is 0. The molecule has 0 rings (SSSR count). The first-order valence-corrected chi connectivity index (χ1v) is 5.50. The molecule has 0 aliphatic heterocycles. The SMILES string of the molecule is CCCC(OCCOCC(C)C)C(=O)O. The van der Waals surface area contributed by atoms with E-state index in [0.29, 0.717) is 32.2 Å². The van der Waals surface area contributed by atoms with E-state index in [4.69, 9.17) is 14.6 Å². The van der Waals surface area contributed by atoms with Gasteiger partial charge in [-0.3, -0.25) is 0 Å². The van der Waals surface area contributed by atoms with Crippen LogP contribution in [-0.2, 0) is 14.3 Å². The molecule has 1 unspecified atom stereocenters. The summed E-state index contributed by atoms with van der Waals surface area (Å²) in [6.07, 6.45) is 0.682. The summed E-state index contributed by atoms with van der Waals surface area (Å²) in [6.45, 7) is 7.58. The van der Waals surface area contributed by atoms with Crippen molar-refractivity contribution in [3.05, 3.63) is 0 Å². The van der Waals surface area contributed by atoms with Crippen molar-refractivity contribution in [2.45, 2.75) is 39.7 Å². The molecule has 0 aromatic carbocycles. The Kier molecular flexibility index (Phi) is 8.33. The first-order chi connectivity index (χ1) is 7.07. The predicted molar refractivity (Wildman–Crippen MR) is 57.9 cm³/mol. The quantitative estimate of drug-likeness (QED) is 0.601. The number of hydrogen-bond acceptors (Lipinski definition) is 3. The van der Waals surface area contributed by atoms with Crippen molar-refractivity contribution < 1.29 is 19.4 Å². The number of hydrogen-bond donors (Lipinski definition) is 1. The van der Waals surface area contributed by atoms with E-state index in [1.165, 1.54) is 0 Å². The number of carbonyl (C=O) groups is 1. The standard InChI is InChI=1S/C11H22O4/c1-4-5-10(11(12)13)15-7-6-14-8-9(2)3/h9-10H,4-8H2,1-3H3,(H,12,13). The molecule has 0 radical (unpaired) electrons. The van der Waals surface area contributed by atoms with Gasteiger partial charge in [-0.2, -0.15) is 0 Å². The van der Waals surface area contributed by atoms with Gasteiger partial charge in [0, 0.05) is 6.61 Å². The van der Waals surface area contributed by atoms with Crippen LogP contribution in [0.5, 0.6) is 0 Å². The number of ether oxygens (including phenoxy) is 2. The second-order valence-electron chi connectivity index (χ2n) is 3.96. The largest absolute Gasteiger partial charge is 0.479 e. The van der Waals surface area contributed by atoms with Gasteiger partial charge in [0.2, 0.25) is 0 Å². The average Bonchev–Trinajstić information content (AvgIpc) is 2.15. The van der Waals surface area contributed by atoms with Crippen LogP contribution >= 0.6 is 0 Å². The second kappa shape index (κ2) is 8.68. The summed E-state index contributed by atoms with van der Waals surface area (Å²) >= 11 is 0. The van der Waals surface area contributed by atoms with E-state index in [-0.39, 0.29) is 0 Å². The highest BCUT2D eigenvalue weighted by atomic mass is 16.5. The van der Waals surface area contributed by atoms with Crippen LogP contribution in [0.2, 0.25) is 0 Å². The van der Waals surface area contributed by atoms with E-state index in [9.17, 15) is 4.79 Å². The van der Waals surface area contributed by atoms with E-state index in [1.807, 2.05) is 6.92 Å². The van der Waals surface area contributed by atoms with E-state index in [1.54, 1.807) is 0 Å². The van der Waals surface area contributed by atoms with Gasteiger partial charge in [0.05, 0.1) is 13.2 Å². The fourth-order valence-electron chi connectivity index (χ4n) is 1.11. The topological polar surface area (TPSA) is 55.8 Å². The van der Waals surface area contributed by atoms with Gasteiger partial charge in [0.1, 0.15) is 0 Å². The molecule has 90 valence electrons. The third kappa shape index (κ3) is 8.39. The lowest BCUT2D eigenvalue weighted by Gasteiger charge is -2.13. The summed E-state index contributed by atoms with van der Waals surface area (Å²) < 4.78 is 10.5. The monoisotopic (exact) mass is 218 g/mol. The Balaban J connectivity index is 3.49. The third-order valence-electron chi connectivity index (χ3n) is 1.82. The molecule has 0 aliphatic carbocycles. The summed E-state index contributed by atoms with van der Waals surface area (Å²) in [6, 6.07) is 0. The second-order valence-corrected chi connectivity index (χ2v) is 3.96. The number of aliphatic carboxylic acids is 1. The minimum atomic E-state index is -0.888. The molecule has 0 aromatic rings. The molecule has 0 saturated heterocycles. The highest BCUT2D eigenvalue weighted by Crippen LogP contribution is 2.02. The van der Waals surface area contributed by atoms with Crippen LogP contribution < -0.4 is 0 Å². The Morgan fingerprint density at radius 3 is 2.47 bits per heavy atom. The Hall–Kier alpha value is -0.610. The maximum Gasteiger partial charge on any atom is 0.332 e. The average molecular weight is 218 g/mol. The summed E-state index contributed by atoms with van der Waals surface area (Å²) in [4.78, 5) is 10.7. The first kappa shape index (κ1) is 14.4. The normalized spacial score (nSPS) is 13.1. The van der Waals surface area contributed by atoms with Crippen molar-refractivity contribution in [3.63, 3.8) is 0 Å². The van der Waals surface area contributed by atoms with E-state index >= 15 is 0 Å². The first-order valence-electron chi connectivity index (χ1n) is 5.50. The fourth-order valence-corrected chi connectivity index (χ4v) is 1.11. The third-order valence-corrected chi connectivity index (χ3v) is 1.82. The predicted octanol–water partition coefficient (Wildman–Crippen LogP) is 1.93. The van der Waals surface area contributed by atoms with Crippen LogP contribution in [0.15, 0.2) is 0 Å². The highest BCUT2D eigenvalue weighted by molar-refractivity contribution is 5.72. The minimum Gasteiger partial charge on any atom is -0.479 e. The molecule has 1 N–H and O–H groups in total. The summed E-state index contributed by atoms with van der Waals surface area (Å²) in [7, 11) is 0. The zero-order valence-corrected chi connectivity index (χ0v) is 9.86. The fraction of sp³-hybridized carbons (Fsp3) is 0.909. The molecule has 0 fully saturated rings. The molecule has 0 bridgehead atoms. The molecule has 15 heavy (non-hydrogen) atoms. The van der Waals surface area contributed by atoms with Crippen LogP contribution in [-0.4, -0.2) is 37.0 Å². The van der Waals surface area contributed by atoms with Gasteiger partial charge in [-0.25, -0.2) is 4.79 Å². The van der Waals surface area contributed by atoms with Gasteiger partial charge in [-0.1, -0.05) is 27.2 Å². The lowest BCUT2D eigenvalue weighted by molar-refractivity contribution is -0.151. The molecular formula is C11H22O4.